The predicted octanol–water partition coefficient (Wildman–Crippen LogP) is 4.45. The highest BCUT2D eigenvalue weighted by Gasteiger charge is 2.21. The van der Waals surface area contributed by atoms with E-state index in [9.17, 15) is 0 Å². The first-order valence-corrected chi connectivity index (χ1v) is 10.1. The van der Waals surface area contributed by atoms with E-state index in [-0.39, 0.29) is 6.10 Å². The van der Waals surface area contributed by atoms with Gasteiger partial charge in [0.1, 0.15) is 16.4 Å². The lowest BCUT2D eigenvalue weighted by Crippen LogP contribution is -2.26. The second kappa shape index (κ2) is 7.07. The fourth-order valence-corrected chi connectivity index (χ4v) is 3.91. The van der Waals surface area contributed by atoms with E-state index in [2.05, 4.69) is 51.4 Å². The Hall–Kier alpha value is -2.64. The van der Waals surface area contributed by atoms with E-state index in [1.165, 1.54) is 10.8 Å². The van der Waals surface area contributed by atoms with E-state index in [0.717, 1.165) is 24.0 Å². The van der Waals surface area contributed by atoms with Crippen LogP contribution in [-0.2, 0) is 4.74 Å². The largest absolute Gasteiger partial charge is 0.473 e. The summed E-state index contributed by atoms with van der Waals surface area (Å²) in [5, 5.41) is 6.81. The molecule has 0 aliphatic carbocycles. The lowest BCUT2D eigenvalue weighted by Gasteiger charge is -2.23. The lowest BCUT2D eigenvalue weighted by atomic mass is 10.0. The van der Waals surface area contributed by atoms with Gasteiger partial charge in [0, 0.05) is 18.4 Å². The van der Waals surface area contributed by atoms with Gasteiger partial charge >= 0.3 is 0 Å². The average molecular weight is 439 g/mol. The number of fused-ring (bicyclic) bond motifs is 2. The van der Waals surface area contributed by atoms with Crippen molar-refractivity contribution in [1.29, 1.82) is 0 Å². The van der Waals surface area contributed by atoms with E-state index >= 15 is 0 Å². The van der Waals surface area contributed by atoms with Crippen LogP contribution in [0.2, 0.25) is 0 Å². The van der Waals surface area contributed by atoms with Crippen molar-refractivity contribution in [3.63, 3.8) is 0 Å². The van der Waals surface area contributed by atoms with E-state index in [0.29, 0.717) is 35.0 Å². The summed E-state index contributed by atoms with van der Waals surface area (Å²) < 4.78 is 13.8. The van der Waals surface area contributed by atoms with Crippen LogP contribution in [0.1, 0.15) is 12.8 Å². The summed E-state index contributed by atoms with van der Waals surface area (Å²) in [7, 11) is 0. The molecule has 0 atom stereocenters. The lowest BCUT2D eigenvalue weighted by molar-refractivity contribution is 0.0235. The number of hydrogen-bond donors (Lipinski definition) is 1. The summed E-state index contributed by atoms with van der Waals surface area (Å²) in [4.78, 5) is 4.76. The molecule has 4 aromatic rings. The van der Waals surface area contributed by atoms with Crippen LogP contribution in [0.3, 0.4) is 0 Å². The molecule has 7 heteroatoms. The maximum atomic E-state index is 6.32. The Bertz CT molecular complexity index is 1170. The summed E-state index contributed by atoms with van der Waals surface area (Å²) in [6, 6.07) is 14.6. The normalized spacial score (nSPS) is 15.3. The molecule has 2 aromatic heterocycles. The smallest absolute Gasteiger partial charge is 0.234 e. The molecule has 5 rings (SSSR count). The Morgan fingerprint density at radius 1 is 1.11 bits per heavy atom. The van der Waals surface area contributed by atoms with Crippen molar-refractivity contribution in [2.24, 2.45) is 0 Å². The zero-order valence-electron chi connectivity index (χ0n) is 15.1. The van der Waals surface area contributed by atoms with Crippen molar-refractivity contribution in [3.8, 4) is 17.0 Å². The van der Waals surface area contributed by atoms with Gasteiger partial charge in [-0.3, -0.25) is 0 Å². The van der Waals surface area contributed by atoms with Gasteiger partial charge in [-0.1, -0.05) is 36.4 Å². The topological polar surface area (TPSA) is 74.7 Å². The standard InChI is InChI=1S/C21H19BrN4O2/c22-18-19(23)26-20(25-21(18)28-16-7-9-27-10-8-16)17(12-24-26)15-6-5-13-3-1-2-4-14(13)11-15/h1-6,11-12,16H,7-10,23H2. The Labute approximate surface area is 170 Å². The highest BCUT2D eigenvalue weighted by atomic mass is 79.9. The van der Waals surface area contributed by atoms with Crippen molar-refractivity contribution in [2.75, 3.05) is 18.9 Å². The molecule has 0 radical (unpaired) electrons. The van der Waals surface area contributed by atoms with Crippen LogP contribution in [0.5, 0.6) is 5.88 Å². The molecule has 0 unspecified atom stereocenters. The van der Waals surface area contributed by atoms with Gasteiger partial charge in [0.05, 0.1) is 19.4 Å². The van der Waals surface area contributed by atoms with Crippen LogP contribution in [0, 0.1) is 0 Å². The number of nitrogens with two attached hydrogens (primary N) is 1. The maximum absolute atomic E-state index is 6.32. The fraction of sp³-hybridized carbons (Fsp3) is 0.238. The summed E-state index contributed by atoms with van der Waals surface area (Å²) in [6.45, 7) is 1.41. The molecule has 6 nitrogen and oxygen atoms in total. The van der Waals surface area contributed by atoms with Crippen molar-refractivity contribution in [2.45, 2.75) is 18.9 Å². The van der Waals surface area contributed by atoms with Gasteiger partial charge in [-0.15, -0.1) is 0 Å². The van der Waals surface area contributed by atoms with Crippen LogP contribution < -0.4 is 10.5 Å². The zero-order valence-corrected chi connectivity index (χ0v) is 16.7. The molecule has 0 amide bonds. The van der Waals surface area contributed by atoms with Gasteiger partial charge in [0.2, 0.25) is 5.88 Å². The number of halogens is 1. The van der Waals surface area contributed by atoms with Crippen LogP contribution >= 0.6 is 15.9 Å². The van der Waals surface area contributed by atoms with Gasteiger partial charge in [-0.05, 0) is 38.3 Å². The first-order valence-electron chi connectivity index (χ1n) is 9.27. The van der Waals surface area contributed by atoms with Crippen molar-refractivity contribution < 1.29 is 9.47 Å². The minimum Gasteiger partial charge on any atom is -0.473 e. The maximum Gasteiger partial charge on any atom is 0.234 e. The van der Waals surface area contributed by atoms with Gasteiger partial charge in [-0.2, -0.15) is 14.6 Å². The first kappa shape index (κ1) is 17.5. The average Bonchev–Trinajstić information content (AvgIpc) is 3.16. The number of nitrogen functional groups attached to an aromatic ring is 1. The van der Waals surface area contributed by atoms with Crippen LogP contribution in [0.4, 0.5) is 5.82 Å². The van der Waals surface area contributed by atoms with Gasteiger partial charge in [0.25, 0.3) is 0 Å². The predicted molar refractivity (Wildman–Crippen MR) is 113 cm³/mol. The Kier molecular flexibility index (Phi) is 4.41. The Morgan fingerprint density at radius 3 is 2.71 bits per heavy atom. The van der Waals surface area contributed by atoms with E-state index in [1.807, 2.05) is 12.1 Å². The molecule has 1 saturated heterocycles. The molecular formula is C21H19BrN4O2. The van der Waals surface area contributed by atoms with E-state index in [1.54, 1.807) is 10.7 Å². The third kappa shape index (κ3) is 3.00. The molecule has 3 heterocycles. The molecule has 1 aliphatic heterocycles. The highest BCUT2D eigenvalue weighted by molar-refractivity contribution is 9.10. The van der Waals surface area contributed by atoms with Crippen LogP contribution in [-0.4, -0.2) is 33.9 Å². The number of aromatic nitrogens is 3. The Morgan fingerprint density at radius 2 is 1.89 bits per heavy atom. The SMILES string of the molecule is Nc1c(Br)c(OC2CCOCC2)nc2c(-c3ccc4ccccc4c3)cnn12. The number of nitrogens with zero attached hydrogens (tertiary/aromatic N) is 3. The Balaban J connectivity index is 1.61. The zero-order chi connectivity index (χ0) is 19.1. The second-order valence-corrected chi connectivity index (χ2v) is 7.69. The minimum atomic E-state index is 0.0754. The van der Waals surface area contributed by atoms with Gasteiger partial charge in [0.15, 0.2) is 5.65 Å². The molecule has 1 fully saturated rings. The van der Waals surface area contributed by atoms with E-state index in [4.69, 9.17) is 20.2 Å². The number of ether oxygens (including phenoxy) is 2. The monoisotopic (exact) mass is 438 g/mol. The van der Waals surface area contributed by atoms with Gasteiger partial charge < -0.3 is 15.2 Å². The molecule has 0 saturated carbocycles. The van der Waals surface area contributed by atoms with Crippen molar-refractivity contribution >= 4 is 38.2 Å². The molecule has 0 bridgehead atoms. The number of benzene rings is 2. The van der Waals surface area contributed by atoms with Crippen LogP contribution in [0.25, 0.3) is 27.5 Å². The van der Waals surface area contributed by atoms with E-state index < -0.39 is 0 Å². The quantitative estimate of drug-likeness (QED) is 0.511. The molecule has 142 valence electrons. The molecule has 2 aromatic carbocycles. The third-order valence-electron chi connectivity index (χ3n) is 5.10. The second-order valence-electron chi connectivity index (χ2n) is 6.90. The highest BCUT2D eigenvalue weighted by Crippen LogP contribution is 2.35. The molecule has 0 spiro atoms. The summed E-state index contributed by atoms with van der Waals surface area (Å²) >= 11 is 3.52. The fourth-order valence-electron chi connectivity index (χ4n) is 3.56. The number of hydrogen-bond acceptors (Lipinski definition) is 5. The minimum absolute atomic E-state index is 0.0754. The molecular weight excluding hydrogens is 420 g/mol. The molecule has 28 heavy (non-hydrogen) atoms. The summed E-state index contributed by atoms with van der Waals surface area (Å²) in [5.74, 6) is 0.971. The van der Waals surface area contributed by atoms with Crippen LogP contribution in [0.15, 0.2) is 53.1 Å². The molecule has 1 aliphatic rings. The van der Waals surface area contributed by atoms with Gasteiger partial charge in [-0.25, -0.2) is 0 Å². The first-order chi connectivity index (χ1) is 13.7. The number of rotatable bonds is 3. The number of anilines is 1. The third-order valence-corrected chi connectivity index (χ3v) is 5.84. The van der Waals surface area contributed by atoms with Crippen molar-refractivity contribution in [3.05, 3.63) is 53.1 Å². The summed E-state index contributed by atoms with van der Waals surface area (Å²) in [6.07, 6.45) is 3.56. The summed E-state index contributed by atoms with van der Waals surface area (Å²) in [5.41, 5.74) is 8.95. The molecule has 2 N–H and O–H groups in total. The van der Waals surface area contributed by atoms with Crippen molar-refractivity contribution in [1.82, 2.24) is 14.6 Å².